The topological polar surface area (TPSA) is 58.6 Å². The normalized spacial score (nSPS) is 19.0. The van der Waals surface area contributed by atoms with Crippen molar-refractivity contribution in [3.05, 3.63) is 17.4 Å². The van der Waals surface area contributed by atoms with E-state index in [9.17, 15) is 4.79 Å². The Labute approximate surface area is 136 Å². The van der Waals surface area contributed by atoms with Gasteiger partial charge >= 0.3 is 6.09 Å². The zero-order chi connectivity index (χ0) is 16.3. The molecule has 1 aromatic heterocycles. The Balaban J connectivity index is 2.02. The average molecular weight is 327 g/mol. The third kappa shape index (κ3) is 4.47. The highest BCUT2D eigenvalue weighted by atomic mass is 35.5. The van der Waals surface area contributed by atoms with E-state index in [0.29, 0.717) is 17.6 Å². The van der Waals surface area contributed by atoms with Crippen LogP contribution in [0.1, 0.15) is 33.6 Å². The third-order valence-corrected chi connectivity index (χ3v) is 3.73. The number of carbonyl (C=O) groups excluding carboxylic acids is 1. The van der Waals surface area contributed by atoms with E-state index in [2.05, 4.69) is 14.9 Å². The molecule has 0 aromatic carbocycles. The van der Waals surface area contributed by atoms with Crippen molar-refractivity contribution in [3.8, 4) is 0 Å². The summed E-state index contributed by atoms with van der Waals surface area (Å²) in [7, 11) is 1.78. The first-order valence-electron chi connectivity index (χ1n) is 7.45. The maximum absolute atomic E-state index is 12.2. The molecule has 22 heavy (non-hydrogen) atoms. The fourth-order valence-corrected chi connectivity index (χ4v) is 2.55. The Bertz CT molecular complexity index is 533. The summed E-state index contributed by atoms with van der Waals surface area (Å²) >= 11 is 5.92. The highest BCUT2D eigenvalue weighted by Gasteiger charge is 2.30. The van der Waals surface area contributed by atoms with Gasteiger partial charge in [0.2, 0.25) is 5.95 Å². The first-order chi connectivity index (χ1) is 10.3. The van der Waals surface area contributed by atoms with Crippen molar-refractivity contribution in [2.45, 2.75) is 45.3 Å². The van der Waals surface area contributed by atoms with Gasteiger partial charge in [0, 0.05) is 26.3 Å². The Morgan fingerprint density at radius 2 is 2.23 bits per heavy atom. The van der Waals surface area contributed by atoms with Crippen LogP contribution in [0, 0.1) is 0 Å². The quantitative estimate of drug-likeness (QED) is 0.782. The van der Waals surface area contributed by atoms with Gasteiger partial charge in [0.25, 0.3) is 0 Å². The fraction of sp³-hybridized carbons (Fsp3) is 0.667. The molecule has 122 valence electrons. The van der Waals surface area contributed by atoms with Gasteiger partial charge in [-0.15, -0.1) is 0 Å². The number of hydrogen-bond acceptors (Lipinski definition) is 5. The zero-order valence-corrected chi connectivity index (χ0v) is 14.3. The van der Waals surface area contributed by atoms with Gasteiger partial charge in [-0.1, -0.05) is 11.6 Å². The minimum Gasteiger partial charge on any atom is -0.444 e. The van der Waals surface area contributed by atoms with E-state index in [-0.39, 0.29) is 12.1 Å². The van der Waals surface area contributed by atoms with Crippen molar-refractivity contribution in [1.29, 1.82) is 0 Å². The lowest BCUT2D eigenvalue weighted by Gasteiger charge is -2.38. The number of nitrogens with zero attached hydrogens (tertiary/aromatic N) is 4. The van der Waals surface area contributed by atoms with Gasteiger partial charge in [-0.3, -0.25) is 0 Å². The highest BCUT2D eigenvalue weighted by molar-refractivity contribution is 6.29. The van der Waals surface area contributed by atoms with Crippen LogP contribution in [0.4, 0.5) is 10.7 Å². The summed E-state index contributed by atoms with van der Waals surface area (Å²) in [6.07, 6.45) is 3.25. The van der Waals surface area contributed by atoms with Gasteiger partial charge in [-0.05, 0) is 39.7 Å². The number of likely N-dealkylation sites (N-methyl/N-ethyl adjacent to an activating group) is 1. The van der Waals surface area contributed by atoms with Crippen LogP contribution >= 0.6 is 11.6 Å². The summed E-state index contributed by atoms with van der Waals surface area (Å²) in [6, 6.07) is 1.73. The van der Waals surface area contributed by atoms with Crippen LogP contribution in [0.15, 0.2) is 12.3 Å². The monoisotopic (exact) mass is 326 g/mol. The van der Waals surface area contributed by atoms with E-state index in [0.717, 1.165) is 19.4 Å². The Morgan fingerprint density at radius 1 is 1.50 bits per heavy atom. The summed E-state index contributed by atoms with van der Waals surface area (Å²) in [6.45, 7) is 7.14. The van der Waals surface area contributed by atoms with Crippen molar-refractivity contribution >= 4 is 23.6 Å². The minimum absolute atomic E-state index is 0.0752. The lowest BCUT2D eigenvalue weighted by Crippen LogP contribution is -2.50. The van der Waals surface area contributed by atoms with E-state index in [1.807, 2.05) is 20.8 Å². The first kappa shape index (κ1) is 16.8. The van der Waals surface area contributed by atoms with Gasteiger partial charge in [-0.2, -0.15) is 0 Å². The number of halogens is 1. The SMILES string of the molecule is CN(C(=O)OC(C)(C)C)C1CCCN(c2nccc(Cl)n2)C1. The molecule has 0 bridgehead atoms. The molecule has 2 heterocycles. The van der Waals surface area contributed by atoms with E-state index in [4.69, 9.17) is 16.3 Å². The van der Waals surface area contributed by atoms with E-state index in [1.54, 1.807) is 24.2 Å². The van der Waals surface area contributed by atoms with Gasteiger partial charge in [-0.25, -0.2) is 14.8 Å². The molecule has 1 aliphatic heterocycles. The molecule has 0 spiro atoms. The second kappa shape index (κ2) is 6.69. The molecule has 0 saturated carbocycles. The number of hydrogen-bond donors (Lipinski definition) is 0. The van der Waals surface area contributed by atoms with E-state index in [1.165, 1.54) is 0 Å². The molecule has 0 radical (unpaired) electrons. The maximum Gasteiger partial charge on any atom is 0.410 e. The molecule has 6 nitrogen and oxygen atoms in total. The number of carbonyl (C=O) groups is 1. The van der Waals surface area contributed by atoms with Crippen molar-refractivity contribution in [3.63, 3.8) is 0 Å². The standard InChI is InChI=1S/C15H23ClN4O2/c1-15(2,3)22-14(21)19(4)11-6-5-9-20(10-11)13-17-8-7-12(16)18-13/h7-8,11H,5-6,9-10H2,1-4H3. The molecular weight excluding hydrogens is 304 g/mol. The van der Waals surface area contributed by atoms with Crippen molar-refractivity contribution in [2.75, 3.05) is 25.0 Å². The first-order valence-corrected chi connectivity index (χ1v) is 7.83. The average Bonchev–Trinajstić information content (AvgIpc) is 2.45. The van der Waals surface area contributed by atoms with Crippen LogP contribution in [0.5, 0.6) is 0 Å². The molecule has 1 atom stereocenters. The number of rotatable bonds is 2. The van der Waals surface area contributed by atoms with Crippen molar-refractivity contribution < 1.29 is 9.53 Å². The molecule has 1 aromatic rings. The minimum atomic E-state index is -0.490. The Hall–Kier alpha value is -1.56. The molecule has 1 saturated heterocycles. The van der Waals surface area contributed by atoms with Crippen LogP contribution in [0.2, 0.25) is 5.15 Å². The molecule has 1 amide bonds. The summed E-state index contributed by atoms with van der Waals surface area (Å²) in [5.41, 5.74) is -0.490. The highest BCUT2D eigenvalue weighted by Crippen LogP contribution is 2.21. The van der Waals surface area contributed by atoms with Crippen LogP contribution in [-0.2, 0) is 4.74 Å². The van der Waals surface area contributed by atoms with Crippen LogP contribution in [0.25, 0.3) is 0 Å². The lowest BCUT2D eigenvalue weighted by molar-refractivity contribution is 0.0209. The molecule has 1 aliphatic rings. The lowest BCUT2D eigenvalue weighted by atomic mass is 10.1. The molecular formula is C15H23ClN4O2. The second-order valence-electron chi connectivity index (χ2n) is 6.51. The summed E-state index contributed by atoms with van der Waals surface area (Å²) < 4.78 is 5.43. The Kier molecular flexibility index (Phi) is 5.11. The van der Waals surface area contributed by atoms with Crippen molar-refractivity contribution in [2.24, 2.45) is 0 Å². The molecule has 0 N–H and O–H groups in total. The molecule has 0 aliphatic carbocycles. The molecule has 7 heteroatoms. The fourth-order valence-electron chi connectivity index (χ4n) is 2.41. The van der Waals surface area contributed by atoms with Crippen molar-refractivity contribution in [1.82, 2.24) is 14.9 Å². The number of anilines is 1. The zero-order valence-electron chi connectivity index (χ0n) is 13.5. The smallest absolute Gasteiger partial charge is 0.410 e. The predicted octanol–water partition coefficient (Wildman–Crippen LogP) is 2.97. The number of piperidine rings is 1. The van der Waals surface area contributed by atoms with Gasteiger partial charge in [0.1, 0.15) is 10.8 Å². The molecule has 1 unspecified atom stereocenters. The third-order valence-electron chi connectivity index (χ3n) is 3.52. The largest absolute Gasteiger partial charge is 0.444 e. The van der Waals surface area contributed by atoms with Gasteiger partial charge in [0.15, 0.2) is 0 Å². The maximum atomic E-state index is 12.2. The summed E-state index contributed by atoms with van der Waals surface area (Å²) in [4.78, 5) is 24.4. The number of amides is 1. The van der Waals surface area contributed by atoms with Crippen LogP contribution in [-0.4, -0.2) is 52.7 Å². The van der Waals surface area contributed by atoms with E-state index < -0.39 is 5.60 Å². The Morgan fingerprint density at radius 3 is 2.86 bits per heavy atom. The van der Waals surface area contributed by atoms with Crippen LogP contribution in [0.3, 0.4) is 0 Å². The number of ether oxygens (including phenoxy) is 1. The number of aromatic nitrogens is 2. The molecule has 2 rings (SSSR count). The van der Waals surface area contributed by atoms with E-state index >= 15 is 0 Å². The van der Waals surface area contributed by atoms with Gasteiger partial charge < -0.3 is 14.5 Å². The summed E-state index contributed by atoms with van der Waals surface area (Å²) in [5.74, 6) is 0.606. The predicted molar refractivity (Wildman–Crippen MR) is 86.3 cm³/mol. The van der Waals surface area contributed by atoms with Crippen LogP contribution < -0.4 is 4.90 Å². The second-order valence-corrected chi connectivity index (χ2v) is 6.90. The van der Waals surface area contributed by atoms with Gasteiger partial charge in [0.05, 0.1) is 6.04 Å². The molecule has 1 fully saturated rings. The summed E-state index contributed by atoms with van der Waals surface area (Å²) in [5, 5.41) is 0.424.